The van der Waals surface area contributed by atoms with Crippen LogP contribution in [0, 0.1) is 13.8 Å². The predicted molar refractivity (Wildman–Crippen MR) is 227 cm³/mol. The molecule has 0 saturated heterocycles. The molecule has 0 aliphatic carbocycles. The maximum absolute atomic E-state index is 13.2. The highest BCUT2D eigenvalue weighted by Crippen LogP contribution is 2.39. The summed E-state index contributed by atoms with van der Waals surface area (Å²) >= 11 is 0. The van der Waals surface area contributed by atoms with Crippen molar-refractivity contribution in [1.29, 1.82) is 0 Å². The van der Waals surface area contributed by atoms with Crippen LogP contribution in [0.5, 0.6) is 11.5 Å². The van der Waals surface area contributed by atoms with Gasteiger partial charge in [-0.25, -0.2) is 0 Å². The summed E-state index contributed by atoms with van der Waals surface area (Å²) in [5.74, 6) is 0.942. The van der Waals surface area contributed by atoms with E-state index >= 15 is 0 Å². The molecule has 58 heavy (non-hydrogen) atoms. The number of pyridine rings is 2. The van der Waals surface area contributed by atoms with Gasteiger partial charge in [0.15, 0.2) is 0 Å². The van der Waals surface area contributed by atoms with Crippen molar-refractivity contribution >= 4 is 55.4 Å². The number of methoxy groups -OCH3 is 2. The number of carbonyl (C=O) groups is 2. The lowest BCUT2D eigenvalue weighted by atomic mass is 10.1. The van der Waals surface area contributed by atoms with Crippen LogP contribution >= 0.6 is 0 Å². The van der Waals surface area contributed by atoms with Gasteiger partial charge in [-0.2, -0.15) is 10.2 Å². The van der Waals surface area contributed by atoms with Crippen LogP contribution in [0.3, 0.4) is 0 Å². The summed E-state index contributed by atoms with van der Waals surface area (Å²) in [6.07, 6.45) is 8.00. The fraction of sp³-hybridized carbons (Fsp3) is 0.273. The minimum absolute atomic E-state index is 0.118. The van der Waals surface area contributed by atoms with Crippen LogP contribution in [0.4, 0.5) is 0 Å². The summed E-state index contributed by atoms with van der Waals surface area (Å²) in [5, 5.41) is 12.7. The summed E-state index contributed by atoms with van der Waals surface area (Å²) in [7, 11) is 14.0. The topological polar surface area (TPSA) is 130 Å². The molecule has 0 aliphatic heterocycles. The molecule has 8 rings (SSSR count). The first-order valence-electron chi connectivity index (χ1n) is 18.9. The molecule has 0 N–H and O–H groups in total. The van der Waals surface area contributed by atoms with Crippen molar-refractivity contribution in [3.8, 4) is 34.3 Å². The van der Waals surface area contributed by atoms with Gasteiger partial charge in [0.05, 0.1) is 70.4 Å². The number of nitrogens with zero attached hydrogens (tertiary/aromatic N) is 10. The molecule has 0 unspecified atom stereocenters. The second kappa shape index (κ2) is 14.5. The number of aryl methyl sites for hydroxylation is 4. The molecule has 6 aromatic heterocycles. The molecule has 0 atom stereocenters. The number of hydrogen-bond acceptors (Lipinski definition) is 8. The Kier molecular flexibility index (Phi) is 9.50. The van der Waals surface area contributed by atoms with Gasteiger partial charge < -0.3 is 28.4 Å². The van der Waals surface area contributed by atoms with Crippen LogP contribution < -0.4 is 9.47 Å². The van der Waals surface area contributed by atoms with Gasteiger partial charge >= 0.3 is 0 Å². The van der Waals surface area contributed by atoms with Crippen molar-refractivity contribution < 1.29 is 19.1 Å². The number of rotatable bonds is 10. The van der Waals surface area contributed by atoms with Gasteiger partial charge in [0.25, 0.3) is 11.8 Å². The van der Waals surface area contributed by atoms with Crippen LogP contribution in [-0.4, -0.2) is 103 Å². The average Bonchev–Trinajstić information content (AvgIpc) is 3.93. The largest absolute Gasteiger partial charge is 0.495 e. The van der Waals surface area contributed by atoms with E-state index in [0.29, 0.717) is 35.7 Å². The first-order valence-corrected chi connectivity index (χ1v) is 18.9. The fourth-order valence-corrected chi connectivity index (χ4v) is 7.97. The first kappa shape index (κ1) is 37.9. The minimum atomic E-state index is -0.118. The Labute approximate surface area is 335 Å². The molecule has 14 heteroatoms. The molecule has 6 heterocycles. The molecule has 0 bridgehead atoms. The maximum atomic E-state index is 13.2. The summed E-state index contributed by atoms with van der Waals surface area (Å²) < 4.78 is 20.0. The third-order valence-corrected chi connectivity index (χ3v) is 10.6. The van der Waals surface area contributed by atoms with E-state index in [1.165, 1.54) is 0 Å². The van der Waals surface area contributed by atoms with Gasteiger partial charge in [-0.15, -0.1) is 0 Å². The van der Waals surface area contributed by atoms with E-state index in [9.17, 15) is 9.59 Å². The Morgan fingerprint density at radius 1 is 0.603 bits per heavy atom. The molecule has 0 radical (unpaired) electrons. The van der Waals surface area contributed by atoms with E-state index in [1.54, 1.807) is 64.3 Å². The summed E-state index contributed by atoms with van der Waals surface area (Å²) in [5.41, 5.74) is 9.81. The minimum Gasteiger partial charge on any atom is -0.495 e. The summed E-state index contributed by atoms with van der Waals surface area (Å²) in [4.78, 5) is 39.3. The molecule has 0 spiro atoms. The molecule has 296 valence electrons. The zero-order chi connectivity index (χ0) is 41.2. The van der Waals surface area contributed by atoms with Crippen LogP contribution in [0.1, 0.15) is 32.1 Å². The van der Waals surface area contributed by atoms with Crippen LogP contribution in [0.2, 0.25) is 0 Å². The third kappa shape index (κ3) is 6.30. The molecule has 8 aromatic rings. The zero-order valence-electron chi connectivity index (χ0n) is 34.4. The molecule has 14 nitrogen and oxygen atoms in total. The van der Waals surface area contributed by atoms with E-state index in [1.807, 2.05) is 74.0 Å². The van der Waals surface area contributed by atoms with Crippen molar-refractivity contribution in [2.45, 2.75) is 26.9 Å². The standard InChI is InChI=1S/C44H46N10O4/c1-25-15-37(51(7)47-25)33-21-35-31(23-45-33)29-17-27(43(55)49(3)4)19-39(57-9)41(29)53(35)13-11-12-14-54-36-22-34(38-16-26(2)48-52(38)8)46-24-32(36)30-18-28(44(56)50(5)6)20-40(58-10)42(30)54/h11-12,15-24H,13-14H2,1-10H3/b12-11+. The number of fused-ring (bicyclic) bond motifs is 6. The van der Waals surface area contributed by atoms with E-state index in [2.05, 4.69) is 43.6 Å². The highest BCUT2D eigenvalue weighted by Gasteiger charge is 2.23. The number of aromatic nitrogens is 8. The quantitative estimate of drug-likeness (QED) is 0.139. The lowest BCUT2D eigenvalue weighted by molar-refractivity contribution is 0.0820. The van der Waals surface area contributed by atoms with Crippen molar-refractivity contribution in [3.63, 3.8) is 0 Å². The molecular formula is C44H46N10O4. The predicted octanol–water partition coefficient (Wildman–Crippen LogP) is 6.79. The Hall–Kier alpha value is -6.96. The summed E-state index contributed by atoms with van der Waals surface area (Å²) in [6, 6.07) is 15.6. The first-order chi connectivity index (χ1) is 27.8. The van der Waals surface area contributed by atoms with Crippen LogP contribution in [0.15, 0.2) is 73.1 Å². The molecule has 0 fully saturated rings. The van der Waals surface area contributed by atoms with Gasteiger partial charge in [-0.1, -0.05) is 12.2 Å². The smallest absolute Gasteiger partial charge is 0.253 e. The second-order valence-electron chi connectivity index (χ2n) is 15.0. The maximum Gasteiger partial charge on any atom is 0.253 e. The summed E-state index contributed by atoms with van der Waals surface area (Å²) in [6.45, 7) is 4.90. The number of hydrogen-bond donors (Lipinski definition) is 0. The molecule has 0 saturated carbocycles. The number of ether oxygens (including phenoxy) is 2. The average molecular weight is 779 g/mol. The fourth-order valence-electron chi connectivity index (χ4n) is 7.97. The van der Waals surface area contributed by atoms with Crippen molar-refractivity contribution in [2.24, 2.45) is 14.1 Å². The molecule has 0 aliphatic rings. The van der Waals surface area contributed by atoms with Crippen molar-refractivity contribution in [3.05, 3.63) is 95.6 Å². The Morgan fingerprint density at radius 3 is 1.33 bits per heavy atom. The Morgan fingerprint density at radius 2 is 1.00 bits per heavy atom. The zero-order valence-corrected chi connectivity index (χ0v) is 34.4. The van der Waals surface area contributed by atoms with E-state index in [0.717, 1.165) is 77.8 Å². The Balaban J connectivity index is 1.28. The molecular weight excluding hydrogens is 733 g/mol. The van der Waals surface area contributed by atoms with E-state index in [-0.39, 0.29) is 11.8 Å². The Bertz CT molecular complexity index is 2780. The van der Waals surface area contributed by atoms with Gasteiger partial charge in [-0.05, 0) is 62.4 Å². The van der Waals surface area contributed by atoms with Crippen LogP contribution in [-0.2, 0) is 27.2 Å². The SMILES string of the molecule is COc1cc(C(=O)N(C)C)cc2c3cnc(-c4cc(C)nn4C)cc3n(C/C=C/Cn3c4cc(-c5cc(C)nn5C)ncc4c4cc(C(=O)N(C)C)cc(OC)c43)c12. The highest BCUT2D eigenvalue weighted by atomic mass is 16.5. The van der Waals surface area contributed by atoms with Crippen LogP contribution in [0.25, 0.3) is 66.4 Å². The molecule has 2 aromatic carbocycles. The number of amides is 2. The number of carbonyl (C=O) groups excluding carboxylic acids is 2. The molecule has 2 amide bonds. The van der Waals surface area contributed by atoms with Gasteiger partial charge in [0.1, 0.15) is 11.5 Å². The van der Waals surface area contributed by atoms with E-state index < -0.39 is 0 Å². The number of benzene rings is 2. The van der Waals surface area contributed by atoms with Gasteiger partial charge in [-0.3, -0.25) is 28.9 Å². The van der Waals surface area contributed by atoms with Crippen molar-refractivity contribution in [2.75, 3.05) is 42.4 Å². The lowest BCUT2D eigenvalue weighted by Crippen LogP contribution is -2.21. The normalized spacial score (nSPS) is 11.8. The van der Waals surface area contributed by atoms with Crippen molar-refractivity contribution in [1.82, 2.24) is 48.5 Å². The monoisotopic (exact) mass is 778 g/mol. The highest BCUT2D eigenvalue weighted by molar-refractivity contribution is 6.14. The second-order valence-corrected chi connectivity index (χ2v) is 15.0. The lowest BCUT2D eigenvalue weighted by Gasteiger charge is -2.14. The van der Waals surface area contributed by atoms with E-state index in [4.69, 9.17) is 19.4 Å². The van der Waals surface area contributed by atoms with Gasteiger partial charge in [0, 0.05) is 100 Å². The third-order valence-electron chi connectivity index (χ3n) is 10.6. The number of allylic oxidation sites excluding steroid dienone is 2. The van der Waals surface area contributed by atoms with Gasteiger partial charge in [0.2, 0.25) is 0 Å².